The Balaban J connectivity index is 0. The molecule has 0 rings (SSSR count). The molecule has 0 spiro atoms. The lowest BCUT2D eigenvalue weighted by molar-refractivity contribution is -0.138. The number of carboxylic acids is 1. The number of halogens is 1. The van der Waals surface area contributed by atoms with Crippen molar-refractivity contribution in [3.8, 4) is 0 Å². The van der Waals surface area contributed by atoms with Gasteiger partial charge in [0, 0.05) is 0 Å². The highest BCUT2D eigenvalue weighted by Gasteiger charge is 2.09. The number of thiol groups is 1. The Labute approximate surface area is 84.5 Å². The molecule has 5 heteroatoms. The summed E-state index contributed by atoms with van der Waals surface area (Å²) < 4.78 is 0. The number of carbonyl (C=O) groups is 1. The van der Waals surface area contributed by atoms with Crippen molar-refractivity contribution in [3.63, 3.8) is 0 Å². The molecule has 0 heterocycles. The summed E-state index contributed by atoms with van der Waals surface area (Å²) in [5.41, 5.74) is 5.28. The fourth-order valence-corrected chi connectivity index (χ4v) is 1.000. The smallest absolute Gasteiger partial charge is 0.320 e. The summed E-state index contributed by atoms with van der Waals surface area (Å²) in [7, 11) is 0. The monoisotopic (exact) mass is 213 g/mol. The first-order valence-electron chi connectivity index (χ1n) is 3.77. The van der Waals surface area contributed by atoms with Crippen LogP contribution in [-0.4, -0.2) is 22.9 Å². The van der Waals surface area contributed by atoms with Crippen LogP contribution in [0.5, 0.6) is 0 Å². The Kier molecular flexibility index (Phi) is 11.1. The third-order valence-electron chi connectivity index (χ3n) is 1.49. The maximum atomic E-state index is 10.2. The number of rotatable bonds is 6. The number of carboxylic acid groups (broad SMARTS) is 1. The molecule has 74 valence electrons. The highest BCUT2D eigenvalue weighted by atomic mass is 35.5. The number of hydrogen-bond acceptors (Lipinski definition) is 3. The van der Waals surface area contributed by atoms with Crippen LogP contribution in [0.2, 0.25) is 0 Å². The molecule has 0 radical (unpaired) electrons. The first-order chi connectivity index (χ1) is 5.18. The third kappa shape index (κ3) is 8.17. The molecular formula is C7H16ClNO2S. The van der Waals surface area contributed by atoms with E-state index in [1.807, 2.05) is 0 Å². The molecule has 0 aromatic carbocycles. The second-order valence-electron chi connectivity index (χ2n) is 2.52. The SMILES string of the molecule is Cl.NC(CCCCCS)C(=O)O. The number of nitrogens with two attached hydrogens (primary N) is 1. The summed E-state index contributed by atoms with van der Waals surface area (Å²) in [6.07, 6.45) is 3.51. The standard InChI is InChI=1S/C7H15NO2S.ClH/c8-6(7(9)10)4-2-1-3-5-11;/h6,11H,1-5,8H2,(H,9,10);1H. The molecule has 1 atom stereocenters. The quantitative estimate of drug-likeness (QED) is 0.461. The van der Waals surface area contributed by atoms with Gasteiger partial charge < -0.3 is 10.8 Å². The summed E-state index contributed by atoms with van der Waals surface area (Å²) in [5, 5.41) is 8.40. The average molecular weight is 214 g/mol. The summed E-state index contributed by atoms with van der Waals surface area (Å²) >= 11 is 4.04. The van der Waals surface area contributed by atoms with Crippen molar-refractivity contribution in [1.82, 2.24) is 0 Å². The van der Waals surface area contributed by atoms with Crippen molar-refractivity contribution in [2.75, 3.05) is 5.75 Å². The summed E-state index contributed by atoms with van der Waals surface area (Å²) in [6.45, 7) is 0. The molecule has 0 fully saturated rings. The van der Waals surface area contributed by atoms with Gasteiger partial charge in [-0.15, -0.1) is 12.4 Å². The summed E-state index contributed by atoms with van der Waals surface area (Å²) in [4.78, 5) is 10.2. The largest absolute Gasteiger partial charge is 0.480 e. The topological polar surface area (TPSA) is 63.3 Å². The highest BCUT2D eigenvalue weighted by Crippen LogP contribution is 2.02. The van der Waals surface area contributed by atoms with Crippen LogP contribution in [0.1, 0.15) is 25.7 Å². The lowest BCUT2D eigenvalue weighted by Gasteiger charge is -2.04. The van der Waals surface area contributed by atoms with Crippen molar-refractivity contribution >= 4 is 31.0 Å². The van der Waals surface area contributed by atoms with Gasteiger partial charge in [-0.3, -0.25) is 4.79 Å². The van der Waals surface area contributed by atoms with Gasteiger partial charge in [0.2, 0.25) is 0 Å². The van der Waals surface area contributed by atoms with E-state index in [0.717, 1.165) is 25.0 Å². The zero-order valence-electron chi connectivity index (χ0n) is 6.90. The van der Waals surface area contributed by atoms with Gasteiger partial charge in [-0.25, -0.2) is 0 Å². The van der Waals surface area contributed by atoms with Crippen molar-refractivity contribution < 1.29 is 9.90 Å². The van der Waals surface area contributed by atoms with E-state index in [4.69, 9.17) is 10.8 Å². The van der Waals surface area contributed by atoms with Gasteiger partial charge in [-0.1, -0.05) is 12.8 Å². The van der Waals surface area contributed by atoms with Crippen molar-refractivity contribution in [2.24, 2.45) is 5.73 Å². The van der Waals surface area contributed by atoms with Crippen LogP contribution in [-0.2, 0) is 4.79 Å². The van der Waals surface area contributed by atoms with E-state index in [0.29, 0.717) is 6.42 Å². The normalized spacial score (nSPS) is 11.8. The van der Waals surface area contributed by atoms with Crippen LogP contribution in [0.15, 0.2) is 0 Å². The highest BCUT2D eigenvalue weighted by molar-refractivity contribution is 7.80. The molecule has 0 bridgehead atoms. The molecule has 0 saturated heterocycles. The molecular weight excluding hydrogens is 198 g/mol. The van der Waals surface area contributed by atoms with E-state index in [-0.39, 0.29) is 12.4 Å². The maximum absolute atomic E-state index is 10.2. The number of aliphatic carboxylic acids is 1. The summed E-state index contributed by atoms with van der Waals surface area (Å²) in [6, 6.07) is -0.685. The van der Waals surface area contributed by atoms with Crippen molar-refractivity contribution in [3.05, 3.63) is 0 Å². The second-order valence-corrected chi connectivity index (χ2v) is 2.96. The van der Waals surface area contributed by atoms with Gasteiger partial charge in [0.15, 0.2) is 0 Å². The number of hydrogen-bond donors (Lipinski definition) is 3. The minimum atomic E-state index is -0.907. The first kappa shape index (κ1) is 14.6. The Hall–Kier alpha value is 0.0700. The van der Waals surface area contributed by atoms with Crippen LogP contribution >= 0.6 is 25.0 Å². The maximum Gasteiger partial charge on any atom is 0.320 e. The molecule has 0 amide bonds. The number of unbranched alkanes of at least 4 members (excludes halogenated alkanes) is 2. The molecule has 0 saturated carbocycles. The average Bonchev–Trinajstić information content (AvgIpc) is 1.97. The van der Waals surface area contributed by atoms with E-state index >= 15 is 0 Å². The van der Waals surface area contributed by atoms with Crippen molar-refractivity contribution in [2.45, 2.75) is 31.7 Å². The zero-order chi connectivity index (χ0) is 8.69. The fourth-order valence-electron chi connectivity index (χ4n) is 0.776. The van der Waals surface area contributed by atoms with Gasteiger partial charge in [0.25, 0.3) is 0 Å². The van der Waals surface area contributed by atoms with Crippen LogP contribution in [0.4, 0.5) is 0 Å². The van der Waals surface area contributed by atoms with E-state index < -0.39 is 12.0 Å². The van der Waals surface area contributed by atoms with Crippen molar-refractivity contribution in [1.29, 1.82) is 0 Å². The molecule has 0 aliphatic rings. The second kappa shape index (κ2) is 9.16. The minimum absolute atomic E-state index is 0. The van der Waals surface area contributed by atoms with Gasteiger partial charge in [0.05, 0.1) is 0 Å². The molecule has 3 nitrogen and oxygen atoms in total. The van der Waals surface area contributed by atoms with E-state index in [9.17, 15) is 4.79 Å². The van der Waals surface area contributed by atoms with E-state index in [1.54, 1.807) is 0 Å². The minimum Gasteiger partial charge on any atom is -0.480 e. The molecule has 3 N–H and O–H groups in total. The molecule has 1 unspecified atom stereocenters. The van der Waals surface area contributed by atoms with E-state index in [1.165, 1.54) is 0 Å². The Morgan fingerprint density at radius 2 is 2.00 bits per heavy atom. The van der Waals surface area contributed by atoms with E-state index in [2.05, 4.69) is 12.6 Å². The molecule has 0 aromatic rings. The lowest BCUT2D eigenvalue weighted by atomic mass is 10.1. The zero-order valence-corrected chi connectivity index (χ0v) is 8.61. The van der Waals surface area contributed by atoms with Crippen LogP contribution in [0, 0.1) is 0 Å². The van der Waals surface area contributed by atoms with Gasteiger partial charge in [-0.2, -0.15) is 12.6 Å². The van der Waals surface area contributed by atoms with Gasteiger partial charge in [0.1, 0.15) is 6.04 Å². The molecule has 12 heavy (non-hydrogen) atoms. The first-order valence-corrected chi connectivity index (χ1v) is 4.41. The Bertz CT molecular complexity index is 124. The molecule has 0 aliphatic carbocycles. The Morgan fingerprint density at radius 1 is 1.42 bits per heavy atom. The predicted molar refractivity (Wildman–Crippen MR) is 55.2 cm³/mol. The van der Waals surface area contributed by atoms with Crippen LogP contribution in [0.3, 0.4) is 0 Å². The third-order valence-corrected chi connectivity index (χ3v) is 1.81. The van der Waals surface area contributed by atoms with Crippen LogP contribution in [0.25, 0.3) is 0 Å². The van der Waals surface area contributed by atoms with Gasteiger partial charge >= 0.3 is 5.97 Å². The predicted octanol–water partition coefficient (Wildman–Crippen LogP) is 1.31. The Morgan fingerprint density at radius 3 is 2.42 bits per heavy atom. The summed E-state index contributed by atoms with van der Waals surface area (Å²) in [5.74, 6) is -0.0432. The fraction of sp³-hybridized carbons (Fsp3) is 0.857. The van der Waals surface area contributed by atoms with Gasteiger partial charge in [-0.05, 0) is 18.6 Å². The molecule has 0 aliphatic heterocycles. The lowest BCUT2D eigenvalue weighted by Crippen LogP contribution is -2.29. The van der Waals surface area contributed by atoms with Crippen LogP contribution < -0.4 is 5.73 Å². The molecule has 0 aromatic heterocycles.